The van der Waals surface area contributed by atoms with Crippen LogP contribution in [0.25, 0.3) is 0 Å². The minimum atomic E-state index is -0.856. The Bertz CT molecular complexity index is 150. The molecule has 2 N–H and O–H groups in total. The summed E-state index contributed by atoms with van der Waals surface area (Å²) < 4.78 is 5.32. The predicted molar refractivity (Wildman–Crippen MR) is 50.8 cm³/mol. The molecule has 0 aliphatic rings. The van der Waals surface area contributed by atoms with E-state index in [1.165, 1.54) is 0 Å². The van der Waals surface area contributed by atoms with Crippen LogP contribution in [-0.2, 0) is 9.53 Å². The van der Waals surface area contributed by atoms with Gasteiger partial charge in [0.2, 0.25) is 0 Å². The summed E-state index contributed by atoms with van der Waals surface area (Å²) in [5, 5.41) is 11.6. The molecule has 2 atom stereocenters. The minimum absolute atomic E-state index is 0.125. The van der Waals surface area contributed by atoms with Crippen LogP contribution in [0.15, 0.2) is 0 Å². The monoisotopic (exact) mass is 189 g/mol. The van der Waals surface area contributed by atoms with Crippen LogP contribution in [0.4, 0.5) is 0 Å². The minimum Gasteiger partial charge on any atom is -0.480 e. The zero-order valence-electron chi connectivity index (χ0n) is 8.54. The predicted octanol–water partition coefficient (Wildman–Crippen LogP) is 0.864. The van der Waals surface area contributed by atoms with Crippen LogP contribution in [0, 0.1) is 0 Å². The number of carbonyl (C=O) groups is 1. The van der Waals surface area contributed by atoms with E-state index in [0.29, 0.717) is 6.54 Å². The number of hydrogen-bond donors (Lipinski definition) is 2. The molecule has 0 aromatic rings. The molecule has 0 aliphatic carbocycles. The standard InChI is InChI=1S/C9H19NO3/c1-4-7(3)13-6-8(9(11)12)10-5-2/h7-8,10H,4-6H2,1-3H3,(H,11,12). The first-order chi connectivity index (χ1) is 6.11. The first-order valence-corrected chi connectivity index (χ1v) is 4.69. The highest BCUT2D eigenvalue weighted by atomic mass is 16.5. The van der Waals surface area contributed by atoms with Crippen LogP contribution < -0.4 is 5.32 Å². The van der Waals surface area contributed by atoms with E-state index in [1.54, 1.807) is 0 Å². The zero-order valence-corrected chi connectivity index (χ0v) is 8.54. The van der Waals surface area contributed by atoms with E-state index < -0.39 is 12.0 Å². The number of carboxylic acids is 1. The average Bonchev–Trinajstić information content (AvgIpc) is 2.11. The van der Waals surface area contributed by atoms with Gasteiger partial charge in [-0.2, -0.15) is 0 Å². The summed E-state index contributed by atoms with van der Waals surface area (Å²) in [6.07, 6.45) is 1.03. The summed E-state index contributed by atoms with van der Waals surface area (Å²) in [4.78, 5) is 10.6. The Morgan fingerprint density at radius 2 is 2.15 bits per heavy atom. The Morgan fingerprint density at radius 3 is 2.54 bits per heavy atom. The van der Waals surface area contributed by atoms with E-state index in [2.05, 4.69) is 5.32 Å². The molecule has 78 valence electrons. The molecule has 0 radical (unpaired) electrons. The van der Waals surface area contributed by atoms with Crippen molar-refractivity contribution in [1.82, 2.24) is 5.32 Å². The largest absolute Gasteiger partial charge is 0.480 e. The van der Waals surface area contributed by atoms with Gasteiger partial charge < -0.3 is 15.2 Å². The van der Waals surface area contributed by atoms with Crippen molar-refractivity contribution < 1.29 is 14.6 Å². The molecule has 0 saturated carbocycles. The quantitative estimate of drug-likeness (QED) is 0.623. The number of ether oxygens (including phenoxy) is 1. The van der Waals surface area contributed by atoms with Crippen molar-refractivity contribution in [3.63, 3.8) is 0 Å². The molecule has 0 heterocycles. The Hall–Kier alpha value is -0.610. The number of carboxylic acid groups (broad SMARTS) is 1. The Balaban J connectivity index is 3.75. The molecule has 0 fully saturated rings. The molecule has 2 unspecified atom stereocenters. The smallest absolute Gasteiger partial charge is 0.323 e. The highest BCUT2D eigenvalue weighted by molar-refractivity contribution is 5.73. The molecule has 0 amide bonds. The molecule has 0 aliphatic heterocycles. The Morgan fingerprint density at radius 1 is 1.54 bits per heavy atom. The molecule has 0 aromatic heterocycles. The summed E-state index contributed by atoms with van der Waals surface area (Å²) in [5.74, 6) is -0.856. The van der Waals surface area contributed by atoms with Crippen LogP contribution in [0.3, 0.4) is 0 Å². The molecular formula is C9H19NO3. The molecule has 4 heteroatoms. The fourth-order valence-corrected chi connectivity index (χ4v) is 0.842. The Kier molecular flexibility index (Phi) is 6.54. The van der Waals surface area contributed by atoms with Gasteiger partial charge in [-0.05, 0) is 19.9 Å². The molecular weight excluding hydrogens is 170 g/mol. The highest BCUT2D eigenvalue weighted by Crippen LogP contribution is 1.97. The second kappa shape index (κ2) is 6.86. The third kappa shape index (κ3) is 5.60. The van der Waals surface area contributed by atoms with Crippen molar-refractivity contribution in [3.8, 4) is 0 Å². The summed E-state index contributed by atoms with van der Waals surface area (Å²) in [7, 11) is 0. The van der Waals surface area contributed by atoms with Gasteiger partial charge in [-0.3, -0.25) is 4.79 Å². The van der Waals surface area contributed by atoms with E-state index in [1.807, 2.05) is 20.8 Å². The second-order valence-corrected chi connectivity index (χ2v) is 3.00. The molecule has 0 rings (SSSR count). The van der Waals surface area contributed by atoms with Gasteiger partial charge in [0.05, 0.1) is 12.7 Å². The van der Waals surface area contributed by atoms with E-state index in [-0.39, 0.29) is 12.7 Å². The lowest BCUT2D eigenvalue weighted by molar-refractivity contribution is -0.141. The molecule has 0 spiro atoms. The van der Waals surface area contributed by atoms with E-state index >= 15 is 0 Å². The van der Waals surface area contributed by atoms with Gasteiger partial charge in [-0.25, -0.2) is 0 Å². The lowest BCUT2D eigenvalue weighted by atomic mass is 10.3. The highest BCUT2D eigenvalue weighted by Gasteiger charge is 2.16. The van der Waals surface area contributed by atoms with Gasteiger partial charge in [-0.1, -0.05) is 13.8 Å². The van der Waals surface area contributed by atoms with Crippen molar-refractivity contribution in [2.45, 2.75) is 39.3 Å². The van der Waals surface area contributed by atoms with Gasteiger partial charge in [0.25, 0.3) is 0 Å². The third-order valence-electron chi connectivity index (χ3n) is 1.87. The van der Waals surface area contributed by atoms with Gasteiger partial charge in [0.1, 0.15) is 6.04 Å². The van der Waals surface area contributed by atoms with E-state index in [0.717, 1.165) is 6.42 Å². The maximum Gasteiger partial charge on any atom is 0.323 e. The van der Waals surface area contributed by atoms with Gasteiger partial charge >= 0.3 is 5.97 Å². The number of aliphatic carboxylic acids is 1. The maximum absolute atomic E-state index is 10.6. The van der Waals surface area contributed by atoms with Gasteiger partial charge in [0, 0.05) is 0 Å². The van der Waals surface area contributed by atoms with Crippen LogP contribution in [0.1, 0.15) is 27.2 Å². The maximum atomic E-state index is 10.6. The van der Waals surface area contributed by atoms with Crippen LogP contribution in [0.2, 0.25) is 0 Å². The first-order valence-electron chi connectivity index (χ1n) is 4.69. The molecule has 4 nitrogen and oxygen atoms in total. The van der Waals surface area contributed by atoms with Gasteiger partial charge in [0.15, 0.2) is 0 Å². The van der Waals surface area contributed by atoms with Crippen molar-refractivity contribution in [3.05, 3.63) is 0 Å². The normalized spacial score (nSPS) is 15.3. The number of rotatable bonds is 7. The van der Waals surface area contributed by atoms with Crippen molar-refractivity contribution in [2.24, 2.45) is 0 Å². The van der Waals surface area contributed by atoms with Crippen molar-refractivity contribution in [1.29, 1.82) is 0 Å². The van der Waals surface area contributed by atoms with Crippen LogP contribution >= 0.6 is 0 Å². The lowest BCUT2D eigenvalue weighted by Crippen LogP contribution is -2.41. The zero-order chi connectivity index (χ0) is 10.3. The first kappa shape index (κ1) is 12.4. The molecule has 13 heavy (non-hydrogen) atoms. The molecule has 0 aromatic carbocycles. The van der Waals surface area contributed by atoms with Crippen molar-refractivity contribution >= 4 is 5.97 Å². The summed E-state index contributed by atoms with van der Waals surface area (Å²) in [6, 6.07) is -0.584. The second-order valence-electron chi connectivity index (χ2n) is 3.00. The van der Waals surface area contributed by atoms with E-state index in [9.17, 15) is 4.79 Å². The van der Waals surface area contributed by atoms with Crippen molar-refractivity contribution in [2.75, 3.05) is 13.2 Å². The van der Waals surface area contributed by atoms with Crippen LogP contribution in [-0.4, -0.2) is 36.4 Å². The topological polar surface area (TPSA) is 58.6 Å². The van der Waals surface area contributed by atoms with Gasteiger partial charge in [-0.15, -0.1) is 0 Å². The number of likely N-dealkylation sites (N-methyl/N-ethyl adjacent to an activating group) is 1. The Labute approximate surface area is 79.3 Å². The summed E-state index contributed by atoms with van der Waals surface area (Å²) in [5.41, 5.74) is 0. The fourth-order valence-electron chi connectivity index (χ4n) is 0.842. The summed E-state index contributed by atoms with van der Waals surface area (Å²) in [6.45, 7) is 6.69. The number of nitrogens with one attached hydrogen (secondary N) is 1. The lowest BCUT2D eigenvalue weighted by Gasteiger charge is -2.16. The number of hydrogen-bond acceptors (Lipinski definition) is 3. The fraction of sp³-hybridized carbons (Fsp3) is 0.889. The summed E-state index contributed by atoms with van der Waals surface area (Å²) >= 11 is 0. The molecule has 0 saturated heterocycles. The average molecular weight is 189 g/mol. The molecule has 0 bridgehead atoms. The van der Waals surface area contributed by atoms with Crippen LogP contribution in [0.5, 0.6) is 0 Å². The third-order valence-corrected chi connectivity index (χ3v) is 1.87. The van der Waals surface area contributed by atoms with E-state index in [4.69, 9.17) is 9.84 Å². The SMILES string of the molecule is CCNC(COC(C)CC)C(=O)O.